The molecular weight excluding hydrogens is 254 g/mol. The van der Waals surface area contributed by atoms with Crippen LogP contribution in [0.25, 0.3) is 0 Å². The molecule has 2 N–H and O–H groups in total. The monoisotopic (exact) mass is 271 g/mol. The zero-order chi connectivity index (χ0) is 13.7. The van der Waals surface area contributed by atoms with Gasteiger partial charge in [0.05, 0.1) is 11.6 Å². The molecule has 0 aromatic carbocycles. The summed E-state index contributed by atoms with van der Waals surface area (Å²) in [6.07, 6.45) is 0.631. The van der Waals surface area contributed by atoms with Gasteiger partial charge in [-0.25, -0.2) is 0 Å². The molecule has 1 aromatic rings. The maximum atomic E-state index is 11.9. The van der Waals surface area contributed by atoms with Crippen LogP contribution < -0.4 is 5.32 Å². The number of aromatic nitrogens is 2. The van der Waals surface area contributed by atoms with Crippen molar-refractivity contribution in [1.29, 1.82) is 0 Å². The molecule has 0 aliphatic carbocycles. The van der Waals surface area contributed by atoms with Gasteiger partial charge in [0.1, 0.15) is 4.88 Å². The van der Waals surface area contributed by atoms with E-state index in [1.807, 2.05) is 20.8 Å². The highest BCUT2D eigenvalue weighted by molar-refractivity contribution is 7.08. The Hall–Kier alpha value is -1.50. The SMILES string of the molecule is CCc1nnsc1C(=O)NCC(C(=O)O)C(C)C. The third kappa shape index (κ3) is 3.49. The molecular formula is C11H17N3O3S. The zero-order valence-electron chi connectivity index (χ0n) is 10.6. The Labute approximate surface area is 110 Å². The van der Waals surface area contributed by atoms with Gasteiger partial charge >= 0.3 is 5.97 Å². The summed E-state index contributed by atoms with van der Waals surface area (Å²) in [5, 5.41) is 15.5. The lowest BCUT2D eigenvalue weighted by atomic mass is 9.96. The van der Waals surface area contributed by atoms with Crippen molar-refractivity contribution in [3.8, 4) is 0 Å². The number of rotatable bonds is 6. The van der Waals surface area contributed by atoms with Gasteiger partial charge in [-0.1, -0.05) is 25.3 Å². The van der Waals surface area contributed by atoms with Gasteiger partial charge in [0.2, 0.25) is 0 Å². The lowest BCUT2D eigenvalue weighted by molar-refractivity contribution is -0.142. The predicted octanol–water partition coefficient (Wildman–Crippen LogP) is 1.19. The van der Waals surface area contributed by atoms with Crippen LogP contribution in [0.3, 0.4) is 0 Å². The Morgan fingerprint density at radius 1 is 1.44 bits per heavy atom. The van der Waals surface area contributed by atoms with Crippen molar-refractivity contribution in [2.45, 2.75) is 27.2 Å². The average molecular weight is 271 g/mol. The highest BCUT2D eigenvalue weighted by atomic mass is 32.1. The highest BCUT2D eigenvalue weighted by Crippen LogP contribution is 2.13. The molecule has 1 aromatic heterocycles. The smallest absolute Gasteiger partial charge is 0.308 e. The van der Waals surface area contributed by atoms with Crippen LogP contribution in [-0.4, -0.2) is 33.1 Å². The van der Waals surface area contributed by atoms with Crippen LogP contribution in [0, 0.1) is 11.8 Å². The van der Waals surface area contributed by atoms with Gasteiger partial charge in [-0.3, -0.25) is 9.59 Å². The minimum absolute atomic E-state index is 0.0342. The summed E-state index contributed by atoms with van der Waals surface area (Å²) >= 11 is 1.03. The van der Waals surface area contributed by atoms with E-state index in [9.17, 15) is 9.59 Å². The molecule has 1 unspecified atom stereocenters. The molecule has 100 valence electrons. The van der Waals surface area contributed by atoms with E-state index in [0.717, 1.165) is 11.5 Å². The van der Waals surface area contributed by atoms with E-state index in [-0.39, 0.29) is 18.4 Å². The quantitative estimate of drug-likeness (QED) is 0.810. The van der Waals surface area contributed by atoms with Crippen LogP contribution in [0.1, 0.15) is 36.1 Å². The Kier molecular flexibility index (Phi) is 5.21. The first-order valence-electron chi connectivity index (χ1n) is 5.79. The number of aliphatic carboxylic acids is 1. The molecule has 0 spiro atoms. The van der Waals surface area contributed by atoms with Crippen LogP contribution in [0.2, 0.25) is 0 Å². The first kappa shape index (κ1) is 14.6. The van der Waals surface area contributed by atoms with Crippen LogP contribution >= 0.6 is 11.5 Å². The molecule has 6 nitrogen and oxygen atoms in total. The highest BCUT2D eigenvalue weighted by Gasteiger charge is 2.23. The topological polar surface area (TPSA) is 92.2 Å². The van der Waals surface area contributed by atoms with E-state index in [4.69, 9.17) is 5.11 Å². The summed E-state index contributed by atoms with van der Waals surface area (Å²) in [7, 11) is 0. The number of hydrogen-bond acceptors (Lipinski definition) is 5. The Balaban J connectivity index is 2.63. The molecule has 0 aliphatic heterocycles. The summed E-state index contributed by atoms with van der Waals surface area (Å²) in [4.78, 5) is 23.3. The van der Waals surface area contributed by atoms with Crippen LogP contribution in [-0.2, 0) is 11.2 Å². The lowest BCUT2D eigenvalue weighted by Gasteiger charge is -2.16. The van der Waals surface area contributed by atoms with E-state index in [0.29, 0.717) is 17.0 Å². The summed E-state index contributed by atoms with van der Waals surface area (Å²) in [5.41, 5.74) is 0.647. The maximum absolute atomic E-state index is 11.9. The van der Waals surface area contributed by atoms with E-state index in [2.05, 4.69) is 14.9 Å². The predicted molar refractivity (Wildman–Crippen MR) is 67.6 cm³/mol. The van der Waals surface area contributed by atoms with Crippen molar-refractivity contribution in [2.75, 3.05) is 6.54 Å². The van der Waals surface area contributed by atoms with Crippen molar-refractivity contribution in [3.63, 3.8) is 0 Å². The van der Waals surface area contributed by atoms with Crippen molar-refractivity contribution < 1.29 is 14.7 Å². The molecule has 0 bridgehead atoms. The van der Waals surface area contributed by atoms with E-state index in [1.54, 1.807) is 0 Å². The number of aryl methyl sites for hydroxylation is 1. The Bertz CT molecular complexity index is 431. The molecule has 0 radical (unpaired) electrons. The molecule has 1 rings (SSSR count). The van der Waals surface area contributed by atoms with Crippen molar-refractivity contribution >= 4 is 23.4 Å². The maximum Gasteiger partial charge on any atom is 0.308 e. The minimum Gasteiger partial charge on any atom is -0.481 e. The third-order valence-electron chi connectivity index (χ3n) is 2.70. The fraction of sp³-hybridized carbons (Fsp3) is 0.636. The van der Waals surface area contributed by atoms with Gasteiger partial charge in [0.25, 0.3) is 5.91 Å². The summed E-state index contributed by atoms with van der Waals surface area (Å²) in [5.74, 6) is -1.81. The molecule has 18 heavy (non-hydrogen) atoms. The number of nitrogens with one attached hydrogen (secondary N) is 1. The standard InChI is InChI=1S/C11H17N3O3S/c1-4-8-9(18-14-13-8)10(15)12-5-7(6(2)3)11(16)17/h6-7H,4-5H2,1-3H3,(H,12,15)(H,16,17). The zero-order valence-corrected chi connectivity index (χ0v) is 11.5. The fourth-order valence-corrected chi connectivity index (χ4v) is 2.17. The molecule has 1 heterocycles. The molecule has 1 amide bonds. The van der Waals surface area contributed by atoms with E-state index >= 15 is 0 Å². The van der Waals surface area contributed by atoms with Crippen LogP contribution in [0.4, 0.5) is 0 Å². The van der Waals surface area contributed by atoms with Crippen molar-refractivity contribution in [2.24, 2.45) is 11.8 Å². The molecule has 0 aliphatic rings. The first-order valence-corrected chi connectivity index (χ1v) is 6.56. The van der Waals surface area contributed by atoms with E-state index in [1.165, 1.54) is 0 Å². The molecule has 0 saturated carbocycles. The largest absolute Gasteiger partial charge is 0.481 e. The second-order valence-corrected chi connectivity index (χ2v) is 5.06. The number of carboxylic acids is 1. The van der Waals surface area contributed by atoms with E-state index < -0.39 is 11.9 Å². The lowest BCUT2D eigenvalue weighted by Crippen LogP contribution is -2.35. The summed E-state index contributed by atoms with van der Waals surface area (Å²) in [6.45, 7) is 5.64. The Morgan fingerprint density at radius 2 is 2.11 bits per heavy atom. The van der Waals surface area contributed by atoms with Gasteiger partial charge < -0.3 is 10.4 Å². The van der Waals surface area contributed by atoms with Gasteiger partial charge in [0.15, 0.2) is 0 Å². The van der Waals surface area contributed by atoms with Gasteiger partial charge in [0, 0.05) is 6.54 Å². The first-order chi connectivity index (χ1) is 8.47. The normalized spacial score (nSPS) is 12.4. The van der Waals surface area contributed by atoms with Gasteiger partial charge in [-0.15, -0.1) is 5.10 Å². The molecule has 0 saturated heterocycles. The second kappa shape index (κ2) is 6.44. The fourth-order valence-electron chi connectivity index (χ4n) is 1.50. The molecule has 0 fully saturated rings. The molecule has 7 heteroatoms. The number of carboxylic acid groups (broad SMARTS) is 1. The average Bonchev–Trinajstić information content (AvgIpc) is 2.75. The number of nitrogens with zero attached hydrogens (tertiary/aromatic N) is 2. The number of amides is 1. The second-order valence-electron chi connectivity index (χ2n) is 4.30. The number of carbonyl (C=O) groups excluding carboxylic acids is 1. The molecule has 1 atom stereocenters. The van der Waals surface area contributed by atoms with Crippen LogP contribution in [0.15, 0.2) is 0 Å². The summed E-state index contributed by atoms with van der Waals surface area (Å²) in [6, 6.07) is 0. The van der Waals surface area contributed by atoms with Crippen molar-refractivity contribution in [1.82, 2.24) is 14.9 Å². The van der Waals surface area contributed by atoms with Gasteiger partial charge in [-0.2, -0.15) is 0 Å². The van der Waals surface area contributed by atoms with Crippen LogP contribution in [0.5, 0.6) is 0 Å². The third-order valence-corrected chi connectivity index (χ3v) is 3.47. The van der Waals surface area contributed by atoms with Gasteiger partial charge in [-0.05, 0) is 23.9 Å². The minimum atomic E-state index is -0.900. The number of carbonyl (C=O) groups is 2. The summed E-state index contributed by atoms with van der Waals surface area (Å²) < 4.78 is 3.73. The van der Waals surface area contributed by atoms with Crippen molar-refractivity contribution in [3.05, 3.63) is 10.6 Å². The Morgan fingerprint density at radius 3 is 2.61 bits per heavy atom. The number of hydrogen-bond donors (Lipinski definition) is 2.